The van der Waals surface area contributed by atoms with Crippen LogP contribution in [0.1, 0.15) is 19.4 Å². The van der Waals surface area contributed by atoms with Crippen molar-refractivity contribution in [2.45, 2.75) is 26.6 Å². The lowest BCUT2D eigenvalue weighted by Crippen LogP contribution is -2.06. The predicted molar refractivity (Wildman–Crippen MR) is 138 cm³/mol. The number of hydrogen-bond acceptors (Lipinski definition) is 5. The van der Waals surface area contributed by atoms with Crippen molar-refractivity contribution in [1.29, 1.82) is 0 Å². The van der Waals surface area contributed by atoms with Gasteiger partial charge in [-0.05, 0) is 55.3 Å². The van der Waals surface area contributed by atoms with Crippen LogP contribution in [0.15, 0.2) is 85.1 Å². The van der Waals surface area contributed by atoms with Crippen LogP contribution < -0.4 is 14.2 Å². The van der Waals surface area contributed by atoms with E-state index in [9.17, 15) is 0 Å². The molecule has 5 rings (SSSR count). The van der Waals surface area contributed by atoms with Crippen molar-refractivity contribution in [2.75, 3.05) is 7.11 Å². The fourth-order valence-electron chi connectivity index (χ4n) is 3.85. The van der Waals surface area contributed by atoms with Crippen molar-refractivity contribution in [3.63, 3.8) is 0 Å². The van der Waals surface area contributed by atoms with Gasteiger partial charge in [0, 0.05) is 23.4 Å². The number of nitrogens with one attached hydrogen (secondary N) is 1. The van der Waals surface area contributed by atoms with Crippen LogP contribution in [0, 0.1) is 0 Å². The molecule has 0 radical (unpaired) electrons. The number of H-pyrrole nitrogens is 1. The second-order valence-corrected chi connectivity index (χ2v) is 8.54. The fourth-order valence-corrected chi connectivity index (χ4v) is 3.85. The Morgan fingerprint density at radius 3 is 2.31 bits per heavy atom. The van der Waals surface area contributed by atoms with E-state index in [4.69, 9.17) is 19.2 Å². The van der Waals surface area contributed by atoms with Gasteiger partial charge in [-0.2, -0.15) is 0 Å². The first-order chi connectivity index (χ1) is 17.1. The number of pyridine rings is 1. The lowest BCUT2D eigenvalue weighted by molar-refractivity contribution is 0.239. The van der Waals surface area contributed by atoms with E-state index < -0.39 is 0 Å². The minimum absolute atomic E-state index is 0.0385. The maximum absolute atomic E-state index is 6.10. The summed E-state index contributed by atoms with van der Waals surface area (Å²) in [4.78, 5) is 12.7. The fraction of sp³-hybridized carbons (Fsp3) is 0.172. The molecule has 0 unspecified atom stereocenters. The summed E-state index contributed by atoms with van der Waals surface area (Å²) in [6.07, 6.45) is 1.87. The summed E-state index contributed by atoms with van der Waals surface area (Å²) in [6, 6.07) is 25.9. The van der Waals surface area contributed by atoms with Crippen molar-refractivity contribution < 1.29 is 14.2 Å². The van der Waals surface area contributed by atoms with Crippen molar-refractivity contribution in [3.8, 4) is 39.8 Å². The SMILES string of the molecule is COc1ccc(-c2cnc3nc(-c4cc(OCc5ccccc5)cc(OC(C)C)c4)[nH]c3c2)cc1. The van der Waals surface area contributed by atoms with Gasteiger partial charge in [-0.3, -0.25) is 0 Å². The lowest BCUT2D eigenvalue weighted by atomic mass is 10.1. The molecule has 0 aliphatic rings. The largest absolute Gasteiger partial charge is 0.497 e. The molecule has 2 aromatic heterocycles. The van der Waals surface area contributed by atoms with Crippen LogP contribution in [0.4, 0.5) is 0 Å². The van der Waals surface area contributed by atoms with Crippen LogP contribution in [0.25, 0.3) is 33.7 Å². The maximum Gasteiger partial charge on any atom is 0.178 e. The van der Waals surface area contributed by atoms with E-state index in [0.717, 1.165) is 39.3 Å². The smallest absolute Gasteiger partial charge is 0.178 e. The lowest BCUT2D eigenvalue weighted by Gasteiger charge is -2.14. The molecule has 0 bridgehead atoms. The van der Waals surface area contributed by atoms with Crippen molar-refractivity contribution in [2.24, 2.45) is 0 Å². The first-order valence-electron chi connectivity index (χ1n) is 11.6. The van der Waals surface area contributed by atoms with Gasteiger partial charge in [-0.1, -0.05) is 42.5 Å². The second-order valence-electron chi connectivity index (χ2n) is 8.54. The molecule has 176 valence electrons. The number of nitrogens with zero attached hydrogens (tertiary/aromatic N) is 2. The van der Waals surface area contributed by atoms with E-state index in [1.54, 1.807) is 7.11 Å². The second kappa shape index (κ2) is 9.89. The van der Waals surface area contributed by atoms with Crippen molar-refractivity contribution in [3.05, 3.63) is 90.6 Å². The summed E-state index contributed by atoms with van der Waals surface area (Å²) >= 11 is 0. The number of methoxy groups -OCH3 is 1. The molecule has 0 atom stereocenters. The first-order valence-corrected chi connectivity index (χ1v) is 11.6. The monoisotopic (exact) mass is 465 g/mol. The van der Waals surface area contributed by atoms with Crippen molar-refractivity contribution in [1.82, 2.24) is 15.0 Å². The Bertz CT molecular complexity index is 1430. The standard InChI is InChI=1S/C29H27N3O3/c1-19(2)35-26-14-22(13-25(16-26)34-18-20-7-5-4-6-8-20)28-31-27-15-23(17-30-29(27)32-28)21-9-11-24(33-3)12-10-21/h4-17,19H,18H2,1-3H3,(H,30,31,32). The molecule has 0 amide bonds. The highest BCUT2D eigenvalue weighted by atomic mass is 16.5. The number of aromatic nitrogens is 3. The van der Waals surface area contributed by atoms with Crippen LogP contribution >= 0.6 is 0 Å². The summed E-state index contributed by atoms with van der Waals surface area (Å²) in [6.45, 7) is 4.48. The van der Waals surface area contributed by atoms with Crippen LogP contribution in [0.5, 0.6) is 17.2 Å². The highest BCUT2D eigenvalue weighted by molar-refractivity contribution is 5.81. The molecule has 2 heterocycles. The zero-order chi connectivity index (χ0) is 24.2. The topological polar surface area (TPSA) is 69.3 Å². The van der Waals surface area contributed by atoms with E-state index in [2.05, 4.69) is 16.0 Å². The molecule has 0 saturated carbocycles. The summed E-state index contributed by atoms with van der Waals surface area (Å²) < 4.78 is 17.4. The van der Waals surface area contributed by atoms with Gasteiger partial charge < -0.3 is 19.2 Å². The van der Waals surface area contributed by atoms with E-state index in [1.807, 2.05) is 92.8 Å². The van der Waals surface area contributed by atoms with E-state index in [-0.39, 0.29) is 6.10 Å². The van der Waals surface area contributed by atoms with Crippen molar-refractivity contribution >= 4 is 11.2 Å². The molecule has 6 heteroatoms. The van der Waals surface area contributed by atoms with Gasteiger partial charge in [-0.15, -0.1) is 0 Å². The third-order valence-corrected chi connectivity index (χ3v) is 5.53. The highest BCUT2D eigenvalue weighted by Crippen LogP contribution is 2.31. The third-order valence-electron chi connectivity index (χ3n) is 5.53. The van der Waals surface area contributed by atoms with Gasteiger partial charge in [0.1, 0.15) is 29.7 Å². The number of imidazole rings is 1. The molecule has 5 aromatic rings. The predicted octanol–water partition coefficient (Wildman–Crippen LogP) is 6.67. The zero-order valence-electron chi connectivity index (χ0n) is 20.0. The summed E-state index contributed by atoms with van der Waals surface area (Å²) in [7, 11) is 1.66. The average Bonchev–Trinajstić information content (AvgIpc) is 3.31. The number of benzene rings is 3. The molecule has 3 aromatic carbocycles. The van der Waals surface area contributed by atoms with E-state index in [1.165, 1.54) is 0 Å². The molecular formula is C29H27N3O3. The molecular weight excluding hydrogens is 438 g/mol. The van der Waals surface area contributed by atoms with Gasteiger partial charge in [0.05, 0.1) is 18.7 Å². The molecule has 0 aliphatic carbocycles. The third kappa shape index (κ3) is 5.27. The molecule has 0 fully saturated rings. The summed E-state index contributed by atoms with van der Waals surface area (Å²) in [5.74, 6) is 2.97. The summed E-state index contributed by atoms with van der Waals surface area (Å²) in [5.41, 5.74) is 5.53. The number of rotatable bonds is 8. The Morgan fingerprint density at radius 2 is 1.57 bits per heavy atom. The average molecular weight is 466 g/mol. The molecule has 1 N–H and O–H groups in total. The number of fused-ring (bicyclic) bond motifs is 1. The van der Waals surface area contributed by atoms with Crippen LogP contribution in [-0.4, -0.2) is 28.2 Å². The van der Waals surface area contributed by atoms with E-state index in [0.29, 0.717) is 23.8 Å². The molecule has 0 saturated heterocycles. The molecule has 35 heavy (non-hydrogen) atoms. The van der Waals surface area contributed by atoms with Crippen LogP contribution in [-0.2, 0) is 6.61 Å². The maximum atomic E-state index is 6.10. The van der Waals surface area contributed by atoms with Gasteiger partial charge in [0.25, 0.3) is 0 Å². The van der Waals surface area contributed by atoms with E-state index >= 15 is 0 Å². The Hall–Kier alpha value is -4.32. The Kier molecular flexibility index (Phi) is 6.35. The van der Waals surface area contributed by atoms with Crippen LogP contribution in [0.3, 0.4) is 0 Å². The zero-order valence-corrected chi connectivity index (χ0v) is 20.0. The minimum atomic E-state index is 0.0385. The van der Waals surface area contributed by atoms with Gasteiger partial charge in [0.2, 0.25) is 0 Å². The van der Waals surface area contributed by atoms with Crippen LogP contribution in [0.2, 0.25) is 0 Å². The Balaban J connectivity index is 1.46. The number of ether oxygens (including phenoxy) is 3. The quantitative estimate of drug-likeness (QED) is 0.277. The Labute approximate surface area is 204 Å². The minimum Gasteiger partial charge on any atom is -0.497 e. The highest BCUT2D eigenvalue weighted by Gasteiger charge is 2.12. The normalized spacial score (nSPS) is 11.1. The van der Waals surface area contributed by atoms with Gasteiger partial charge in [0.15, 0.2) is 5.65 Å². The summed E-state index contributed by atoms with van der Waals surface area (Å²) in [5, 5.41) is 0. The molecule has 0 aliphatic heterocycles. The molecule has 0 spiro atoms. The van der Waals surface area contributed by atoms with Gasteiger partial charge in [-0.25, -0.2) is 9.97 Å². The molecule has 6 nitrogen and oxygen atoms in total. The number of hydrogen-bond donors (Lipinski definition) is 1. The number of aromatic amines is 1. The first kappa shape index (κ1) is 22.5. The van der Waals surface area contributed by atoms with Gasteiger partial charge >= 0.3 is 0 Å². The Morgan fingerprint density at radius 1 is 0.800 bits per heavy atom.